The molecule has 1 unspecified atom stereocenters. The zero-order valence-corrected chi connectivity index (χ0v) is 18.8. The van der Waals surface area contributed by atoms with Gasteiger partial charge in [-0.1, -0.05) is 0 Å². The molecule has 0 spiro atoms. The van der Waals surface area contributed by atoms with E-state index in [1.165, 1.54) is 10.4 Å². The largest absolute Gasteiger partial charge is 0.340 e. The summed E-state index contributed by atoms with van der Waals surface area (Å²) in [5, 5.41) is 12.7. The number of carbonyl (C=O) groups excluding carboxylic acids is 1. The van der Waals surface area contributed by atoms with Crippen molar-refractivity contribution < 1.29 is 4.79 Å². The fourth-order valence-corrected chi connectivity index (χ4v) is 6.13. The summed E-state index contributed by atoms with van der Waals surface area (Å²) >= 11 is 1.71. The van der Waals surface area contributed by atoms with Crippen LogP contribution in [0.4, 0.5) is 11.5 Å². The molecule has 4 heterocycles. The molecular weight excluding hydrogens is 422 g/mol. The maximum atomic E-state index is 13.1. The van der Waals surface area contributed by atoms with Crippen LogP contribution in [0.25, 0.3) is 21.1 Å². The lowest BCUT2D eigenvalue weighted by molar-refractivity contribution is -0.137. The van der Waals surface area contributed by atoms with Gasteiger partial charge in [-0.25, -0.2) is 9.97 Å². The van der Waals surface area contributed by atoms with E-state index >= 15 is 0 Å². The molecule has 1 aromatic carbocycles. The zero-order valence-electron chi connectivity index (χ0n) is 18.0. The first kappa shape index (κ1) is 19.6. The Bertz CT molecular complexity index is 1300. The molecule has 8 nitrogen and oxygen atoms in total. The van der Waals surface area contributed by atoms with Crippen molar-refractivity contribution in [1.29, 1.82) is 0 Å². The number of nitrogens with one attached hydrogen (secondary N) is 2. The van der Waals surface area contributed by atoms with Gasteiger partial charge < -0.3 is 15.1 Å². The van der Waals surface area contributed by atoms with Crippen molar-refractivity contribution in [3.8, 4) is 0 Å². The normalized spacial score (nSPS) is 19.4. The highest BCUT2D eigenvalue weighted by molar-refractivity contribution is 7.19. The second kappa shape index (κ2) is 7.83. The standard InChI is InChI=1S/C23H25N7OS/c1-29-6-8-30(9-7-29)23(31)14-2-4-17-19(11-14)32-22-20(17)21(24-13-25-22)27-16-3-5-18-15(10-16)12-26-28-18/h3,5,10,12-14H,2,4,6-9,11H2,1H3,(H,26,28)(H,24,25,27). The van der Waals surface area contributed by atoms with Gasteiger partial charge in [0.05, 0.1) is 17.1 Å². The van der Waals surface area contributed by atoms with Gasteiger partial charge in [0.15, 0.2) is 0 Å². The van der Waals surface area contributed by atoms with Crippen molar-refractivity contribution in [2.45, 2.75) is 19.3 Å². The van der Waals surface area contributed by atoms with E-state index in [-0.39, 0.29) is 5.92 Å². The molecule has 1 aliphatic heterocycles. The fraction of sp³-hybridized carbons (Fsp3) is 0.391. The average Bonchev–Trinajstić information content (AvgIpc) is 3.43. The van der Waals surface area contributed by atoms with E-state index < -0.39 is 0 Å². The van der Waals surface area contributed by atoms with Crippen LogP contribution < -0.4 is 5.32 Å². The first-order valence-electron chi connectivity index (χ1n) is 11.1. The molecule has 1 fully saturated rings. The lowest BCUT2D eigenvalue weighted by Crippen LogP contribution is -2.49. The van der Waals surface area contributed by atoms with Crippen molar-refractivity contribution in [1.82, 2.24) is 30.0 Å². The van der Waals surface area contributed by atoms with Crippen LogP contribution in [0.3, 0.4) is 0 Å². The number of amides is 1. The first-order chi connectivity index (χ1) is 15.7. The summed E-state index contributed by atoms with van der Waals surface area (Å²) < 4.78 is 0. The Kier molecular flexibility index (Phi) is 4.80. The first-order valence-corrected chi connectivity index (χ1v) is 11.9. The minimum absolute atomic E-state index is 0.0758. The van der Waals surface area contributed by atoms with Gasteiger partial charge in [-0.15, -0.1) is 11.3 Å². The molecule has 0 saturated carbocycles. The molecule has 1 aliphatic carbocycles. The number of aromatic nitrogens is 4. The van der Waals surface area contributed by atoms with Crippen LogP contribution in [0, 0.1) is 5.92 Å². The topological polar surface area (TPSA) is 90.0 Å². The number of rotatable bonds is 3. The smallest absolute Gasteiger partial charge is 0.226 e. The quantitative estimate of drug-likeness (QED) is 0.501. The van der Waals surface area contributed by atoms with E-state index in [4.69, 9.17) is 0 Å². The highest BCUT2D eigenvalue weighted by atomic mass is 32.1. The average molecular weight is 448 g/mol. The predicted octanol–water partition coefficient (Wildman–Crippen LogP) is 3.19. The number of fused-ring (bicyclic) bond motifs is 4. The van der Waals surface area contributed by atoms with Crippen molar-refractivity contribution in [2.24, 2.45) is 5.92 Å². The molecule has 3 aromatic heterocycles. The third kappa shape index (κ3) is 3.41. The number of hydrogen-bond acceptors (Lipinski definition) is 7. The molecule has 2 aliphatic rings. The molecule has 0 radical (unpaired) electrons. The highest BCUT2D eigenvalue weighted by Gasteiger charge is 2.32. The lowest BCUT2D eigenvalue weighted by atomic mass is 9.86. The van der Waals surface area contributed by atoms with Crippen molar-refractivity contribution in [3.63, 3.8) is 0 Å². The van der Waals surface area contributed by atoms with Gasteiger partial charge in [-0.2, -0.15) is 5.10 Å². The molecule has 0 bridgehead atoms. The number of piperazine rings is 1. The van der Waals surface area contributed by atoms with Crippen molar-refractivity contribution in [2.75, 3.05) is 38.5 Å². The van der Waals surface area contributed by atoms with Crippen molar-refractivity contribution in [3.05, 3.63) is 41.2 Å². The number of nitrogens with zero attached hydrogens (tertiary/aromatic N) is 5. The Morgan fingerprint density at radius 3 is 2.97 bits per heavy atom. The number of hydrogen-bond donors (Lipinski definition) is 2. The molecule has 4 aromatic rings. The predicted molar refractivity (Wildman–Crippen MR) is 126 cm³/mol. The number of H-pyrrole nitrogens is 1. The van der Waals surface area contributed by atoms with Crippen LogP contribution in [0.1, 0.15) is 16.9 Å². The van der Waals surface area contributed by atoms with Gasteiger partial charge in [0.2, 0.25) is 5.91 Å². The summed E-state index contributed by atoms with van der Waals surface area (Å²) in [6.07, 6.45) is 6.03. The fourth-order valence-electron chi connectivity index (χ4n) is 4.86. The second-order valence-corrected chi connectivity index (χ2v) is 9.86. The van der Waals surface area contributed by atoms with Crippen molar-refractivity contribution >= 4 is 49.9 Å². The summed E-state index contributed by atoms with van der Waals surface area (Å²) in [4.78, 5) is 28.9. The minimum atomic E-state index is 0.0758. The Hall–Kier alpha value is -3.04. The molecular formula is C23H25N7OS. The van der Waals surface area contributed by atoms with Gasteiger partial charge in [0.25, 0.3) is 0 Å². The summed E-state index contributed by atoms with van der Waals surface area (Å²) in [5.74, 6) is 1.23. The number of anilines is 2. The zero-order chi connectivity index (χ0) is 21.7. The molecule has 1 saturated heterocycles. The number of aromatic amines is 1. The van der Waals surface area contributed by atoms with Crippen LogP contribution in [-0.2, 0) is 17.6 Å². The molecule has 9 heteroatoms. The number of aryl methyl sites for hydroxylation is 1. The van der Waals surface area contributed by atoms with E-state index in [1.807, 2.05) is 18.3 Å². The molecule has 164 valence electrons. The monoisotopic (exact) mass is 447 g/mol. The maximum Gasteiger partial charge on any atom is 0.226 e. The van der Waals surface area contributed by atoms with Crippen LogP contribution >= 0.6 is 11.3 Å². The Morgan fingerprint density at radius 1 is 1.22 bits per heavy atom. The minimum Gasteiger partial charge on any atom is -0.340 e. The van der Waals surface area contributed by atoms with E-state index in [1.54, 1.807) is 17.7 Å². The highest BCUT2D eigenvalue weighted by Crippen LogP contribution is 2.41. The number of carbonyl (C=O) groups is 1. The summed E-state index contributed by atoms with van der Waals surface area (Å²) in [6.45, 7) is 3.60. The van der Waals surface area contributed by atoms with Crippen LogP contribution in [0.5, 0.6) is 0 Å². The summed E-state index contributed by atoms with van der Waals surface area (Å²) in [7, 11) is 2.12. The summed E-state index contributed by atoms with van der Waals surface area (Å²) in [6, 6.07) is 6.11. The molecule has 1 amide bonds. The van der Waals surface area contributed by atoms with E-state index in [9.17, 15) is 4.79 Å². The Balaban J connectivity index is 1.27. The van der Waals surface area contributed by atoms with Crippen LogP contribution in [-0.4, -0.2) is 69.1 Å². The van der Waals surface area contributed by atoms with E-state index in [0.717, 1.165) is 78.1 Å². The molecule has 1 atom stereocenters. The van der Waals surface area contributed by atoms with Gasteiger partial charge in [-0.05, 0) is 50.1 Å². The van der Waals surface area contributed by atoms with Gasteiger partial charge >= 0.3 is 0 Å². The molecule has 32 heavy (non-hydrogen) atoms. The summed E-state index contributed by atoms with van der Waals surface area (Å²) in [5.41, 5.74) is 3.28. The van der Waals surface area contributed by atoms with Crippen LogP contribution in [0.2, 0.25) is 0 Å². The number of thiophene rings is 1. The third-order valence-corrected chi connectivity index (χ3v) is 7.87. The van der Waals surface area contributed by atoms with Crippen LogP contribution in [0.15, 0.2) is 30.7 Å². The van der Waals surface area contributed by atoms with Gasteiger partial charge in [0, 0.05) is 48.0 Å². The molecule has 2 N–H and O–H groups in total. The Morgan fingerprint density at radius 2 is 2.09 bits per heavy atom. The van der Waals surface area contributed by atoms with Gasteiger partial charge in [0.1, 0.15) is 17.0 Å². The number of likely N-dealkylation sites (N-methyl/N-ethyl adjacent to an activating group) is 1. The molecule has 6 rings (SSSR count). The lowest BCUT2D eigenvalue weighted by Gasteiger charge is -2.35. The van der Waals surface area contributed by atoms with Gasteiger partial charge in [-0.3, -0.25) is 9.89 Å². The van der Waals surface area contributed by atoms with E-state index in [2.05, 4.69) is 48.4 Å². The SMILES string of the molecule is CN1CCN(C(=O)C2CCc3c(sc4ncnc(Nc5ccc6[nH]ncc6c5)c34)C2)CC1. The third-order valence-electron chi connectivity index (χ3n) is 6.71. The Labute approximate surface area is 189 Å². The number of benzene rings is 1. The maximum absolute atomic E-state index is 13.1. The van der Waals surface area contributed by atoms with E-state index in [0.29, 0.717) is 5.91 Å². The second-order valence-electron chi connectivity index (χ2n) is 8.77.